The number of hydrogen-bond donors (Lipinski definition) is 0. The normalized spacial score (nSPS) is 11.2. The first-order chi connectivity index (χ1) is 10.9. The average molecular weight is 372 g/mol. The molecule has 1 heterocycles. The van der Waals surface area contributed by atoms with Crippen LogP contribution in [-0.4, -0.2) is 30.0 Å². The predicted molar refractivity (Wildman–Crippen MR) is 97.0 cm³/mol. The Hall–Kier alpha value is -0.341. The second-order valence-electron chi connectivity index (χ2n) is 6.18. The molecular weight excluding hydrogens is 337 g/mol. The molecule has 0 atom stereocenters. The predicted octanol–water partition coefficient (Wildman–Crippen LogP) is 4.75. The molecule has 0 bridgehead atoms. The molecule has 4 heteroatoms. The molecule has 3 nitrogen and oxygen atoms in total. The first kappa shape index (κ1) is 19.7. The van der Waals surface area contributed by atoms with Crippen LogP contribution in [0.3, 0.4) is 0 Å². The third-order valence-corrected chi connectivity index (χ3v) is 6.37. The van der Waals surface area contributed by atoms with Crippen LogP contribution < -0.4 is 4.59 Å². The molecule has 22 heavy (non-hydrogen) atoms. The van der Waals surface area contributed by atoms with Gasteiger partial charge >= 0.3 is 130 Å². The maximum absolute atomic E-state index is 4.25. The van der Waals surface area contributed by atoms with Gasteiger partial charge in [-0.15, -0.1) is 0 Å². The van der Waals surface area contributed by atoms with E-state index >= 15 is 0 Å². The number of aromatic nitrogens is 3. The minimum atomic E-state index is 0.567. The molecule has 1 aromatic rings. The SMILES string of the molecule is CCCCCCCCCCCCn1nncc1[Se]CCCC. The average Bonchev–Trinajstić information content (AvgIpc) is 2.97. The molecule has 0 aromatic carbocycles. The molecule has 0 N–H and O–H groups in total. The zero-order valence-corrected chi connectivity index (χ0v) is 16.4. The fourth-order valence-corrected chi connectivity index (χ4v) is 4.77. The van der Waals surface area contributed by atoms with Crippen LogP contribution in [0.1, 0.15) is 90.9 Å². The van der Waals surface area contributed by atoms with E-state index in [9.17, 15) is 0 Å². The summed E-state index contributed by atoms with van der Waals surface area (Å²) < 4.78 is 3.54. The summed E-state index contributed by atoms with van der Waals surface area (Å²) in [6.07, 6.45) is 18.5. The van der Waals surface area contributed by atoms with Crippen LogP contribution in [0.5, 0.6) is 0 Å². The van der Waals surface area contributed by atoms with Crippen molar-refractivity contribution in [2.75, 3.05) is 0 Å². The van der Waals surface area contributed by atoms with Crippen molar-refractivity contribution < 1.29 is 0 Å². The summed E-state index contributed by atoms with van der Waals surface area (Å²) in [7, 11) is 0. The van der Waals surface area contributed by atoms with Crippen LogP contribution >= 0.6 is 0 Å². The van der Waals surface area contributed by atoms with E-state index in [-0.39, 0.29) is 0 Å². The standard InChI is InChI=1S/C18H35N3Se/c1-3-5-7-8-9-10-11-12-13-14-15-21-18(17-19-20-21)22-16-6-4-2/h17H,3-16H2,1-2H3. The second-order valence-corrected chi connectivity index (χ2v) is 8.52. The van der Waals surface area contributed by atoms with Crippen molar-refractivity contribution in [3.8, 4) is 0 Å². The summed E-state index contributed by atoms with van der Waals surface area (Å²) in [6.45, 7) is 5.61. The number of nitrogens with zero attached hydrogens (tertiary/aromatic N) is 3. The molecule has 0 radical (unpaired) electrons. The van der Waals surface area contributed by atoms with Crippen LogP contribution in [0.25, 0.3) is 0 Å². The van der Waals surface area contributed by atoms with Crippen molar-refractivity contribution in [3.63, 3.8) is 0 Å². The van der Waals surface area contributed by atoms with Gasteiger partial charge in [-0.2, -0.15) is 0 Å². The summed E-state index contributed by atoms with van der Waals surface area (Å²) in [5.41, 5.74) is 0. The van der Waals surface area contributed by atoms with Crippen LogP contribution in [-0.2, 0) is 6.54 Å². The molecular formula is C18H35N3Se. The van der Waals surface area contributed by atoms with Gasteiger partial charge < -0.3 is 0 Å². The van der Waals surface area contributed by atoms with E-state index in [4.69, 9.17) is 0 Å². The molecule has 1 rings (SSSR count). The quantitative estimate of drug-likeness (QED) is 0.329. The summed E-state index contributed by atoms with van der Waals surface area (Å²) >= 11 is 0.567. The van der Waals surface area contributed by atoms with Gasteiger partial charge in [-0.1, -0.05) is 13.3 Å². The summed E-state index contributed by atoms with van der Waals surface area (Å²) in [6, 6.07) is 0. The van der Waals surface area contributed by atoms with Crippen molar-refractivity contribution in [3.05, 3.63) is 6.20 Å². The van der Waals surface area contributed by atoms with Crippen LogP contribution in [0.4, 0.5) is 0 Å². The summed E-state index contributed by atoms with van der Waals surface area (Å²) in [4.78, 5) is 0. The molecule has 0 aliphatic rings. The van der Waals surface area contributed by atoms with E-state index < -0.39 is 0 Å². The van der Waals surface area contributed by atoms with Gasteiger partial charge in [0.15, 0.2) is 0 Å². The summed E-state index contributed by atoms with van der Waals surface area (Å²) in [5, 5.41) is 9.67. The van der Waals surface area contributed by atoms with E-state index in [1.165, 1.54) is 87.0 Å². The van der Waals surface area contributed by atoms with Gasteiger partial charge in [0.2, 0.25) is 0 Å². The zero-order valence-electron chi connectivity index (χ0n) is 14.7. The molecule has 128 valence electrons. The molecule has 0 spiro atoms. The van der Waals surface area contributed by atoms with Gasteiger partial charge in [0.05, 0.1) is 0 Å². The third kappa shape index (κ3) is 9.63. The Bertz CT molecular complexity index is 352. The minimum absolute atomic E-state index is 0.567. The molecule has 0 unspecified atom stereocenters. The molecule has 0 fully saturated rings. The molecule has 0 saturated carbocycles. The molecule has 0 saturated heterocycles. The Kier molecular flexibility index (Phi) is 12.8. The zero-order chi connectivity index (χ0) is 15.9. The van der Waals surface area contributed by atoms with Crippen molar-refractivity contribution in [1.29, 1.82) is 0 Å². The third-order valence-electron chi connectivity index (χ3n) is 4.05. The Balaban J connectivity index is 1.97. The van der Waals surface area contributed by atoms with Crippen molar-refractivity contribution in [1.82, 2.24) is 15.0 Å². The number of hydrogen-bond acceptors (Lipinski definition) is 2. The first-order valence-corrected chi connectivity index (χ1v) is 11.5. The van der Waals surface area contributed by atoms with E-state index in [1.54, 1.807) is 0 Å². The van der Waals surface area contributed by atoms with Gasteiger partial charge in [0.25, 0.3) is 0 Å². The van der Waals surface area contributed by atoms with Gasteiger partial charge in [-0.3, -0.25) is 0 Å². The van der Waals surface area contributed by atoms with Crippen LogP contribution in [0, 0.1) is 0 Å². The molecule has 1 aromatic heterocycles. The fourth-order valence-electron chi connectivity index (χ4n) is 2.59. The first-order valence-electron chi connectivity index (χ1n) is 9.39. The fraction of sp³-hybridized carbons (Fsp3) is 0.889. The van der Waals surface area contributed by atoms with E-state index in [0.717, 1.165) is 6.54 Å². The Morgan fingerprint density at radius 2 is 1.41 bits per heavy atom. The topological polar surface area (TPSA) is 30.7 Å². The van der Waals surface area contributed by atoms with Crippen LogP contribution in [0.15, 0.2) is 6.20 Å². The van der Waals surface area contributed by atoms with Gasteiger partial charge in [0, 0.05) is 0 Å². The van der Waals surface area contributed by atoms with E-state index in [2.05, 4.69) is 28.8 Å². The summed E-state index contributed by atoms with van der Waals surface area (Å²) in [5.74, 6) is 0. The maximum atomic E-state index is 4.25. The van der Waals surface area contributed by atoms with Crippen molar-refractivity contribution in [2.45, 2.75) is 103 Å². The molecule has 0 aliphatic heterocycles. The molecule has 0 amide bonds. The Morgan fingerprint density at radius 1 is 0.818 bits per heavy atom. The van der Waals surface area contributed by atoms with E-state index in [1.807, 2.05) is 6.20 Å². The number of aryl methyl sites for hydroxylation is 1. The van der Waals surface area contributed by atoms with Gasteiger partial charge in [0.1, 0.15) is 0 Å². The second kappa shape index (κ2) is 14.3. The number of unbranched alkanes of at least 4 members (excludes halogenated alkanes) is 10. The van der Waals surface area contributed by atoms with Crippen molar-refractivity contribution >= 4 is 19.5 Å². The Morgan fingerprint density at radius 3 is 2.05 bits per heavy atom. The molecule has 0 aliphatic carbocycles. The monoisotopic (exact) mass is 373 g/mol. The van der Waals surface area contributed by atoms with Gasteiger partial charge in [-0.05, 0) is 0 Å². The van der Waals surface area contributed by atoms with Gasteiger partial charge in [-0.25, -0.2) is 0 Å². The van der Waals surface area contributed by atoms with Crippen LogP contribution in [0.2, 0.25) is 5.32 Å². The van der Waals surface area contributed by atoms with Crippen molar-refractivity contribution in [2.24, 2.45) is 0 Å². The Labute approximate surface area is 143 Å². The van der Waals surface area contributed by atoms with E-state index in [0.29, 0.717) is 15.0 Å². The number of rotatable bonds is 15.